The number of β-lactam (4-membered cyclic amide) rings is 1. The van der Waals surface area contributed by atoms with Crippen molar-refractivity contribution in [1.82, 2.24) is 10.2 Å². The summed E-state index contributed by atoms with van der Waals surface area (Å²) in [6, 6.07) is 35.6. The van der Waals surface area contributed by atoms with Gasteiger partial charge >= 0.3 is 24.0 Å². The highest BCUT2D eigenvalue weighted by atomic mass is 32.2. The molecule has 4 aromatic carbocycles. The number of hydrogen-bond donors (Lipinski definition) is 1. The van der Waals surface area contributed by atoms with Crippen molar-refractivity contribution in [3.8, 4) is 0 Å². The van der Waals surface area contributed by atoms with Crippen LogP contribution in [0.1, 0.15) is 67.6 Å². The molecule has 2 amide bonds. The van der Waals surface area contributed by atoms with Crippen molar-refractivity contribution in [3.05, 3.63) is 155 Å². The first-order valence-corrected chi connectivity index (χ1v) is 20.1. The van der Waals surface area contributed by atoms with E-state index in [-0.39, 0.29) is 49.7 Å². The fraction of sp³-hybridized carbons (Fsp3) is 0.289. The maximum atomic E-state index is 14.1. The van der Waals surface area contributed by atoms with Gasteiger partial charge in [-0.25, -0.2) is 14.4 Å². The van der Waals surface area contributed by atoms with E-state index >= 15 is 0 Å². The summed E-state index contributed by atoms with van der Waals surface area (Å²) in [4.78, 5) is 81.1. The molecule has 1 N–H and O–H groups in total. The van der Waals surface area contributed by atoms with E-state index in [1.165, 1.54) is 23.6 Å². The third-order valence-electron chi connectivity index (χ3n) is 9.67. The second-order valence-corrected chi connectivity index (χ2v) is 14.7. The Balaban J connectivity index is 1.16. The summed E-state index contributed by atoms with van der Waals surface area (Å²) in [5, 5.41) is 1.87. The van der Waals surface area contributed by atoms with E-state index in [2.05, 4.69) is 5.32 Å². The summed E-state index contributed by atoms with van der Waals surface area (Å²) < 4.78 is 22.5. The third kappa shape index (κ3) is 10.0. The number of carbonyl (C=O) groups is 6. The van der Waals surface area contributed by atoms with Crippen LogP contribution in [-0.2, 0) is 42.9 Å². The van der Waals surface area contributed by atoms with E-state index in [0.29, 0.717) is 16.7 Å². The highest BCUT2D eigenvalue weighted by Crippen LogP contribution is 2.45. The lowest BCUT2D eigenvalue weighted by molar-refractivity contribution is -0.160. The van der Waals surface area contributed by atoms with Gasteiger partial charge in [-0.1, -0.05) is 121 Å². The average molecular weight is 805 g/mol. The monoisotopic (exact) mass is 804 g/mol. The minimum Gasteiger partial charge on any atom is -0.461 e. The van der Waals surface area contributed by atoms with Crippen LogP contribution in [0, 0.1) is 5.92 Å². The Morgan fingerprint density at radius 2 is 1.24 bits per heavy atom. The van der Waals surface area contributed by atoms with E-state index in [1.54, 1.807) is 6.92 Å². The van der Waals surface area contributed by atoms with E-state index in [4.69, 9.17) is 18.9 Å². The van der Waals surface area contributed by atoms with Crippen molar-refractivity contribution in [2.75, 3.05) is 19.0 Å². The van der Waals surface area contributed by atoms with Crippen LogP contribution in [0.4, 0.5) is 4.79 Å². The van der Waals surface area contributed by atoms with Gasteiger partial charge in [0.05, 0.1) is 6.61 Å². The number of fused-ring (bicyclic) bond motifs is 1. The van der Waals surface area contributed by atoms with Crippen molar-refractivity contribution in [1.29, 1.82) is 0 Å². The molecule has 0 spiro atoms. The second kappa shape index (κ2) is 19.8. The molecular weight excluding hydrogens is 761 g/mol. The number of ether oxygens (including phenoxy) is 4. The van der Waals surface area contributed by atoms with Gasteiger partial charge in [0.15, 0.2) is 12.2 Å². The lowest BCUT2D eigenvalue weighted by Gasteiger charge is -2.49. The van der Waals surface area contributed by atoms with Crippen molar-refractivity contribution < 1.29 is 47.7 Å². The van der Waals surface area contributed by atoms with Crippen LogP contribution in [0.5, 0.6) is 0 Å². The Kier molecular flexibility index (Phi) is 14.1. The number of benzene rings is 4. The molecule has 1 unspecified atom stereocenters. The lowest BCUT2D eigenvalue weighted by atomic mass is 9.88. The van der Waals surface area contributed by atoms with Gasteiger partial charge < -0.3 is 24.3 Å². The lowest BCUT2D eigenvalue weighted by Crippen LogP contribution is -2.64. The van der Waals surface area contributed by atoms with Crippen LogP contribution >= 0.6 is 11.8 Å². The van der Waals surface area contributed by atoms with Crippen molar-refractivity contribution in [2.45, 2.75) is 56.7 Å². The zero-order valence-corrected chi connectivity index (χ0v) is 32.9. The van der Waals surface area contributed by atoms with Gasteiger partial charge in [-0.3, -0.25) is 19.3 Å². The number of ketones is 1. The Morgan fingerprint density at radius 3 is 1.72 bits per heavy atom. The summed E-state index contributed by atoms with van der Waals surface area (Å²) in [5.41, 5.74) is 3.22. The Morgan fingerprint density at radius 1 is 0.741 bits per heavy atom. The number of hydrogen-bond acceptors (Lipinski definition) is 11. The number of Topliss-reactive ketones (excluding diaryl/α,β-unsaturated/α-hetero) is 1. The van der Waals surface area contributed by atoms with E-state index < -0.39 is 59.4 Å². The molecule has 58 heavy (non-hydrogen) atoms. The van der Waals surface area contributed by atoms with Crippen LogP contribution < -0.4 is 5.32 Å². The molecule has 6 rings (SSSR count). The van der Waals surface area contributed by atoms with E-state index in [1.807, 2.05) is 121 Å². The minimum atomic E-state index is -1.16. The summed E-state index contributed by atoms with van der Waals surface area (Å²) in [7, 11) is 0. The van der Waals surface area contributed by atoms with Gasteiger partial charge in [-0.2, -0.15) is 0 Å². The average Bonchev–Trinajstić information content (AvgIpc) is 3.24. The Bertz CT molecular complexity index is 2040. The zero-order chi connectivity index (χ0) is 41.0. The van der Waals surface area contributed by atoms with Gasteiger partial charge in [0, 0.05) is 24.7 Å². The van der Waals surface area contributed by atoms with Crippen LogP contribution in [0.25, 0.3) is 0 Å². The van der Waals surface area contributed by atoms with Crippen LogP contribution in [-0.4, -0.2) is 71.0 Å². The summed E-state index contributed by atoms with van der Waals surface area (Å²) >= 11 is 1.29. The van der Waals surface area contributed by atoms with Crippen LogP contribution in [0.15, 0.2) is 133 Å². The van der Waals surface area contributed by atoms with Crippen molar-refractivity contribution in [2.24, 2.45) is 5.92 Å². The molecular formula is C45H44N2O10S. The number of alkyl carbamates (subject to hydrolysis) is 1. The topological polar surface area (TPSA) is 155 Å². The fourth-order valence-corrected chi connectivity index (χ4v) is 8.28. The standard InChI is InChI=1S/C45H44N2O10S/c1-3-54-45(53)46-35(43(51)56-39(30-17-8-4-9-18-30)31-19-10-5-11-20-31)25-16-26-36(49)37-41(50)47-38(34(27-55-29(2)48)28-58-42(37)47)44(52)57-40(32-21-12-6-13-22-32)33-23-14-7-15-24-33/h4-15,17-24,35,37,39-40,42H,3,16,25-28H2,1-2H3,(H,46,53)/t35?,37-,42-/m1/s1. The maximum Gasteiger partial charge on any atom is 0.407 e. The molecule has 0 aromatic heterocycles. The molecule has 3 atom stereocenters. The molecule has 0 radical (unpaired) electrons. The van der Waals surface area contributed by atoms with Gasteiger partial charge in [0.2, 0.25) is 5.91 Å². The fourth-order valence-electron chi connectivity index (χ4n) is 6.86. The molecule has 300 valence electrons. The molecule has 0 saturated carbocycles. The number of rotatable bonds is 17. The molecule has 12 nitrogen and oxygen atoms in total. The third-order valence-corrected chi connectivity index (χ3v) is 11.0. The Labute approximate surface area is 340 Å². The molecule has 2 aliphatic heterocycles. The van der Waals surface area contributed by atoms with E-state index in [0.717, 1.165) is 11.1 Å². The number of nitrogens with zero attached hydrogens (tertiary/aromatic N) is 1. The molecule has 13 heteroatoms. The number of nitrogens with one attached hydrogen (secondary N) is 1. The largest absolute Gasteiger partial charge is 0.461 e. The smallest absolute Gasteiger partial charge is 0.407 e. The number of esters is 3. The van der Waals surface area contributed by atoms with E-state index in [9.17, 15) is 28.8 Å². The van der Waals surface area contributed by atoms with Gasteiger partial charge in [-0.15, -0.1) is 11.8 Å². The first kappa shape index (κ1) is 41.4. The number of carbonyl (C=O) groups excluding carboxylic acids is 6. The molecule has 2 heterocycles. The maximum absolute atomic E-state index is 14.1. The van der Waals surface area contributed by atoms with Gasteiger partial charge in [0.1, 0.15) is 35.4 Å². The molecule has 2 aliphatic rings. The minimum absolute atomic E-state index is 0.0203. The Hall–Kier alpha value is -6.21. The van der Waals surface area contributed by atoms with Crippen molar-refractivity contribution in [3.63, 3.8) is 0 Å². The first-order chi connectivity index (χ1) is 28.2. The quantitative estimate of drug-likeness (QED) is 0.0516. The molecule has 1 fully saturated rings. The second-order valence-electron chi connectivity index (χ2n) is 13.6. The van der Waals surface area contributed by atoms with Gasteiger partial charge in [-0.05, 0) is 42.0 Å². The first-order valence-electron chi connectivity index (χ1n) is 19.0. The number of amides is 2. The molecule has 0 bridgehead atoms. The molecule has 1 saturated heterocycles. The summed E-state index contributed by atoms with van der Waals surface area (Å²) in [6.45, 7) is 2.73. The zero-order valence-electron chi connectivity index (χ0n) is 32.1. The number of thioether (sulfide) groups is 1. The SMILES string of the molecule is CCOC(=O)NC(CCCC(=O)[C@@H]1C(=O)N2C(C(=O)OC(c3ccccc3)c3ccccc3)=C(COC(C)=O)CS[C@H]12)C(=O)OC(c1ccccc1)c1ccccc1. The van der Waals surface area contributed by atoms with Crippen LogP contribution in [0.2, 0.25) is 0 Å². The van der Waals surface area contributed by atoms with Crippen LogP contribution in [0.3, 0.4) is 0 Å². The predicted molar refractivity (Wildman–Crippen MR) is 215 cm³/mol. The predicted octanol–water partition coefficient (Wildman–Crippen LogP) is 6.85. The van der Waals surface area contributed by atoms with Gasteiger partial charge in [0.25, 0.3) is 0 Å². The highest BCUT2D eigenvalue weighted by Gasteiger charge is 2.56. The summed E-state index contributed by atoms with van der Waals surface area (Å²) in [5.74, 6) is -3.89. The highest BCUT2D eigenvalue weighted by molar-refractivity contribution is 8.00. The molecule has 0 aliphatic carbocycles. The normalized spacial score (nSPS) is 16.5. The molecule has 4 aromatic rings. The summed E-state index contributed by atoms with van der Waals surface area (Å²) in [6.07, 6.45) is -2.33. The van der Waals surface area contributed by atoms with Crippen molar-refractivity contribution >= 4 is 47.5 Å².